The van der Waals surface area contributed by atoms with Crippen LogP contribution >= 0.6 is 0 Å². The number of amides is 1. The lowest BCUT2D eigenvalue weighted by Crippen LogP contribution is -2.32. The summed E-state index contributed by atoms with van der Waals surface area (Å²) in [7, 11) is 0. The van der Waals surface area contributed by atoms with Crippen molar-refractivity contribution >= 4 is 5.91 Å². The minimum Gasteiger partial charge on any atom is -0.336 e. The molecule has 0 radical (unpaired) electrons. The summed E-state index contributed by atoms with van der Waals surface area (Å²) in [6.45, 7) is 7.04. The van der Waals surface area contributed by atoms with E-state index in [2.05, 4.69) is 19.1 Å². The van der Waals surface area contributed by atoms with E-state index in [-0.39, 0.29) is 6.04 Å². The van der Waals surface area contributed by atoms with Gasteiger partial charge in [-0.2, -0.15) is 0 Å². The first-order valence-corrected chi connectivity index (χ1v) is 7.13. The van der Waals surface area contributed by atoms with Crippen LogP contribution in [0.4, 0.5) is 0 Å². The van der Waals surface area contributed by atoms with Gasteiger partial charge in [0.15, 0.2) is 0 Å². The molecule has 0 N–H and O–H groups in total. The molecule has 1 aliphatic heterocycles. The first kappa shape index (κ1) is 14.7. The van der Waals surface area contributed by atoms with Crippen molar-refractivity contribution in [3.63, 3.8) is 0 Å². The van der Waals surface area contributed by atoms with Crippen LogP contribution in [0.2, 0.25) is 0 Å². The lowest BCUT2D eigenvalue weighted by Gasteiger charge is -2.28. The summed E-state index contributed by atoms with van der Waals surface area (Å²) >= 11 is 0. The summed E-state index contributed by atoms with van der Waals surface area (Å²) in [6.07, 6.45) is 4.10. The summed E-state index contributed by atoms with van der Waals surface area (Å²) in [4.78, 5) is 14.0. The van der Waals surface area contributed by atoms with Crippen LogP contribution in [0.5, 0.6) is 0 Å². The van der Waals surface area contributed by atoms with Gasteiger partial charge in [0.1, 0.15) is 0 Å². The third-order valence-electron chi connectivity index (χ3n) is 3.36. The summed E-state index contributed by atoms with van der Waals surface area (Å²) in [5.41, 5.74) is 1.23. The molecule has 100 valence electrons. The van der Waals surface area contributed by atoms with Crippen LogP contribution < -0.4 is 0 Å². The second-order valence-electron chi connectivity index (χ2n) is 4.48. The average Bonchev–Trinajstić information content (AvgIpc) is 2.66. The number of nitrogens with zero attached hydrogens (tertiary/aromatic N) is 1. The highest BCUT2D eigenvalue weighted by Gasteiger charge is 2.22. The van der Waals surface area contributed by atoms with E-state index in [1.807, 2.05) is 36.9 Å². The Bertz CT molecular complexity index is 347. The maximum Gasteiger partial charge on any atom is 0.223 e. The molecule has 1 fully saturated rings. The molecular weight excluding hydrogens is 222 g/mol. The molecule has 2 rings (SSSR count). The van der Waals surface area contributed by atoms with Gasteiger partial charge in [-0.1, -0.05) is 50.6 Å². The molecular formula is C16H25NO. The second kappa shape index (κ2) is 7.91. The smallest absolute Gasteiger partial charge is 0.223 e. The van der Waals surface area contributed by atoms with Gasteiger partial charge in [0.25, 0.3) is 0 Å². The van der Waals surface area contributed by atoms with Gasteiger partial charge in [-0.15, -0.1) is 0 Å². The minimum atomic E-state index is 0.215. The van der Waals surface area contributed by atoms with Crippen molar-refractivity contribution in [2.24, 2.45) is 0 Å². The van der Waals surface area contributed by atoms with Gasteiger partial charge >= 0.3 is 0 Å². The summed E-state index contributed by atoms with van der Waals surface area (Å²) in [5.74, 6) is 0.314. The number of rotatable bonds is 2. The highest BCUT2D eigenvalue weighted by molar-refractivity contribution is 5.76. The maximum atomic E-state index is 12.0. The van der Waals surface area contributed by atoms with Gasteiger partial charge in [-0.05, 0) is 25.3 Å². The molecule has 1 aromatic carbocycles. The Morgan fingerprint density at radius 2 is 1.72 bits per heavy atom. The monoisotopic (exact) mass is 247 g/mol. The lowest BCUT2D eigenvalue weighted by molar-refractivity contribution is -0.132. The van der Waals surface area contributed by atoms with Crippen molar-refractivity contribution in [2.75, 3.05) is 6.54 Å². The molecule has 2 heteroatoms. The lowest BCUT2D eigenvalue weighted by atomic mass is 10.1. The van der Waals surface area contributed by atoms with Crippen LogP contribution in [0.25, 0.3) is 0 Å². The quantitative estimate of drug-likeness (QED) is 0.768. The van der Waals surface area contributed by atoms with Crippen LogP contribution in [0.3, 0.4) is 0 Å². The van der Waals surface area contributed by atoms with Gasteiger partial charge in [0.05, 0.1) is 6.04 Å². The van der Waals surface area contributed by atoms with E-state index in [4.69, 9.17) is 0 Å². The molecule has 1 aromatic rings. The maximum absolute atomic E-state index is 12.0. The van der Waals surface area contributed by atoms with E-state index in [1.165, 1.54) is 12.0 Å². The standard InChI is InChI=1S/C14H19NO.C2H6/c1-12(13-8-4-2-5-9-13)15-11-7-3-6-10-14(15)16;1-2/h2,4-5,8-9,12H,3,6-7,10-11H2,1H3;1-2H3. The van der Waals surface area contributed by atoms with Crippen LogP contribution in [0.1, 0.15) is 58.1 Å². The summed E-state index contributed by atoms with van der Waals surface area (Å²) in [6, 6.07) is 10.5. The van der Waals surface area contributed by atoms with Crippen LogP contribution in [-0.2, 0) is 4.79 Å². The van der Waals surface area contributed by atoms with E-state index in [9.17, 15) is 4.79 Å². The fraction of sp³-hybridized carbons (Fsp3) is 0.562. The van der Waals surface area contributed by atoms with Gasteiger partial charge < -0.3 is 4.90 Å². The molecule has 0 aromatic heterocycles. The van der Waals surface area contributed by atoms with E-state index in [0.717, 1.165) is 25.8 Å². The fourth-order valence-corrected chi connectivity index (χ4v) is 2.32. The first-order chi connectivity index (χ1) is 8.79. The molecule has 1 unspecified atom stereocenters. The van der Waals surface area contributed by atoms with Crippen LogP contribution in [0, 0.1) is 0 Å². The average molecular weight is 247 g/mol. The fourth-order valence-electron chi connectivity index (χ4n) is 2.32. The third kappa shape index (κ3) is 3.86. The summed E-state index contributed by atoms with van der Waals surface area (Å²) < 4.78 is 0. The van der Waals surface area contributed by atoms with Crippen molar-refractivity contribution in [1.29, 1.82) is 0 Å². The Balaban J connectivity index is 0.000000771. The Kier molecular flexibility index (Phi) is 6.48. The number of hydrogen-bond acceptors (Lipinski definition) is 1. The van der Waals surface area contributed by atoms with E-state index >= 15 is 0 Å². The predicted octanol–water partition coefficient (Wildman–Crippen LogP) is 4.18. The van der Waals surface area contributed by atoms with E-state index in [0.29, 0.717) is 5.91 Å². The number of likely N-dealkylation sites (tertiary alicyclic amines) is 1. The van der Waals surface area contributed by atoms with Gasteiger partial charge in [-0.25, -0.2) is 0 Å². The normalized spacial score (nSPS) is 17.5. The van der Waals surface area contributed by atoms with Gasteiger partial charge in [0.2, 0.25) is 5.91 Å². The highest BCUT2D eigenvalue weighted by Crippen LogP contribution is 2.24. The Morgan fingerprint density at radius 1 is 1.06 bits per heavy atom. The van der Waals surface area contributed by atoms with Gasteiger partial charge in [0, 0.05) is 13.0 Å². The topological polar surface area (TPSA) is 20.3 Å². The van der Waals surface area contributed by atoms with Crippen molar-refractivity contribution in [2.45, 2.75) is 52.5 Å². The van der Waals surface area contributed by atoms with Crippen molar-refractivity contribution in [3.05, 3.63) is 35.9 Å². The Morgan fingerprint density at radius 3 is 2.39 bits per heavy atom. The van der Waals surface area contributed by atoms with Crippen molar-refractivity contribution in [1.82, 2.24) is 4.90 Å². The third-order valence-corrected chi connectivity index (χ3v) is 3.36. The number of hydrogen-bond donors (Lipinski definition) is 0. The van der Waals surface area contributed by atoms with Crippen molar-refractivity contribution in [3.8, 4) is 0 Å². The molecule has 0 aliphatic carbocycles. The van der Waals surface area contributed by atoms with Crippen molar-refractivity contribution < 1.29 is 4.79 Å². The molecule has 2 nitrogen and oxygen atoms in total. The van der Waals surface area contributed by atoms with Crippen LogP contribution in [0.15, 0.2) is 30.3 Å². The number of carbonyl (C=O) groups is 1. The molecule has 1 amide bonds. The minimum absolute atomic E-state index is 0.215. The zero-order valence-electron chi connectivity index (χ0n) is 11.9. The highest BCUT2D eigenvalue weighted by atomic mass is 16.2. The zero-order valence-corrected chi connectivity index (χ0v) is 11.9. The van der Waals surface area contributed by atoms with E-state index in [1.54, 1.807) is 0 Å². The summed E-state index contributed by atoms with van der Waals surface area (Å²) in [5, 5.41) is 0. The molecule has 0 bridgehead atoms. The zero-order chi connectivity index (χ0) is 13.4. The molecule has 0 saturated carbocycles. The molecule has 1 saturated heterocycles. The Labute approximate surface area is 111 Å². The number of benzene rings is 1. The predicted molar refractivity (Wildman–Crippen MR) is 76.4 cm³/mol. The van der Waals surface area contributed by atoms with Gasteiger partial charge in [-0.3, -0.25) is 4.79 Å². The number of carbonyl (C=O) groups excluding carboxylic acids is 1. The molecule has 18 heavy (non-hydrogen) atoms. The molecule has 0 spiro atoms. The van der Waals surface area contributed by atoms with E-state index < -0.39 is 0 Å². The first-order valence-electron chi connectivity index (χ1n) is 7.13. The second-order valence-corrected chi connectivity index (χ2v) is 4.48. The molecule has 1 heterocycles. The Hall–Kier alpha value is -1.31. The van der Waals surface area contributed by atoms with Crippen LogP contribution in [-0.4, -0.2) is 17.4 Å². The molecule has 1 aliphatic rings. The molecule has 1 atom stereocenters. The SMILES string of the molecule is CC.CC(c1ccccc1)N1CCCCCC1=O. The largest absolute Gasteiger partial charge is 0.336 e.